The zero-order chi connectivity index (χ0) is 13.6. The summed E-state index contributed by atoms with van der Waals surface area (Å²) in [5.41, 5.74) is 4.22. The van der Waals surface area contributed by atoms with Crippen molar-refractivity contribution in [2.75, 3.05) is 31.1 Å². The van der Waals surface area contributed by atoms with Crippen LogP contribution < -0.4 is 10.2 Å². The van der Waals surface area contributed by atoms with Crippen LogP contribution in [0.25, 0.3) is 0 Å². The number of benzene rings is 2. The zero-order valence-corrected chi connectivity index (χ0v) is 11.9. The average Bonchev–Trinajstić information content (AvgIpc) is 2.78. The van der Waals surface area contributed by atoms with Gasteiger partial charge in [0.05, 0.1) is 0 Å². The van der Waals surface area contributed by atoms with Crippen molar-refractivity contribution >= 4 is 5.69 Å². The summed E-state index contributed by atoms with van der Waals surface area (Å²) in [7, 11) is 0. The van der Waals surface area contributed by atoms with Crippen LogP contribution in [0.4, 0.5) is 5.69 Å². The lowest BCUT2D eigenvalue weighted by atomic mass is 10.0. The van der Waals surface area contributed by atoms with Crippen molar-refractivity contribution < 1.29 is 0 Å². The third-order valence-electron chi connectivity index (χ3n) is 3.91. The number of nitrogens with zero attached hydrogens (tertiary/aromatic N) is 1. The molecule has 0 atom stereocenters. The third-order valence-corrected chi connectivity index (χ3v) is 3.91. The summed E-state index contributed by atoms with van der Waals surface area (Å²) in [4.78, 5) is 2.53. The first-order chi connectivity index (χ1) is 9.93. The van der Waals surface area contributed by atoms with Gasteiger partial charge >= 0.3 is 0 Å². The lowest BCUT2D eigenvalue weighted by Gasteiger charge is -2.25. The summed E-state index contributed by atoms with van der Waals surface area (Å²) >= 11 is 0. The second-order valence-corrected chi connectivity index (χ2v) is 5.38. The SMILES string of the molecule is c1ccc(Cc2ccccc2N2CCCNCC2)cc1. The molecule has 0 aliphatic carbocycles. The van der Waals surface area contributed by atoms with Crippen LogP contribution in [0.15, 0.2) is 54.6 Å². The molecule has 3 rings (SSSR count). The van der Waals surface area contributed by atoms with Gasteiger partial charge in [0.2, 0.25) is 0 Å². The van der Waals surface area contributed by atoms with Gasteiger partial charge in [-0.05, 0) is 36.6 Å². The Labute approximate surface area is 121 Å². The first-order valence-electron chi connectivity index (χ1n) is 7.51. The molecule has 0 unspecified atom stereocenters. The second-order valence-electron chi connectivity index (χ2n) is 5.38. The van der Waals surface area contributed by atoms with Crippen LogP contribution in [0.3, 0.4) is 0 Å². The third kappa shape index (κ3) is 3.20. The molecule has 0 spiro atoms. The van der Waals surface area contributed by atoms with E-state index in [1.807, 2.05) is 0 Å². The van der Waals surface area contributed by atoms with Gasteiger partial charge in [-0.25, -0.2) is 0 Å². The Kier molecular flexibility index (Phi) is 4.34. The summed E-state index contributed by atoms with van der Waals surface area (Å²) in [5, 5.41) is 3.47. The van der Waals surface area contributed by atoms with Crippen molar-refractivity contribution in [3.63, 3.8) is 0 Å². The number of rotatable bonds is 3. The van der Waals surface area contributed by atoms with Gasteiger partial charge in [0, 0.05) is 25.3 Å². The maximum atomic E-state index is 3.47. The molecule has 2 aromatic carbocycles. The summed E-state index contributed by atoms with van der Waals surface area (Å²) in [6.45, 7) is 4.47. The van der Waals surface area contributed by atoms with E-state index in [2.05, 4.69) is 64.8 Å². The van der Waals surface area contributed by atoms with Crippen molar-refractivity contribution in [3.8, 4) is 0 Å². The zero-order valence-electron chi connectivity index (χ0n) is 11.9. The van der Waals surface area contributed by atoms with Gasteiger partial charge in [-0.15, -0.1) is 0 Å². The van der Waals surface area contributed by atoms with Crippen LogP contribution >= 0.6 is 0 Å². The number of anilines is 1. The first-order valence-corrected chi connectivity index (χ1v) is 7.51. The Bertz CT molecular complexity index is 528. The molecule has 0 saturated carbocycles. The summed E-state index contributed by atoms with van der Waals surface area (Å²) in [5.74, 6) is 0. The first kappa shape index (κ1) is 13.2. The van der Waals surface area contributed by atoms with Gasteiger partial charge in [0.1, 0.15) is 0 Å². The lowest BCUT2D eigenvalue weighted by Crippen LogP contribution is -2.28. The van der Waals surface area contributed by atoms with E-state index in [0.29, 0.717) is 0 Å². The molecule has 0 amide bonds. The van der Waals surface area contributed by atoms with E-state index in [1.165, 1.54) is 23.2 Å². The quantitative estimate of drug-likeness (QED) is 0.918. The van der Waals surface area contributed by atoms with Crippen LogP contribution in [0.1, 0.15) is 17.5 Å². The van der Waals surface area contributed by atoms with Crippen LogP contribution in [0.2, 0.25) is 0 Å². The maximum absolute atomic E-state index is 3.47. The molecule has 1 aliphatic heterocycles. The molecule has 1 fully saturated rings. The second kappa shape index (κ2) is 6.58. The largest absolute Gasteiger partial charge is 0.370 e. The number of hydrogen-bond donors (Lipinski definition) is 1. The minimum atomic E-state index is 1.01. The average molecular weight is 266 g/mol. The topological polar surface area (TPSA) is 15.3 Å². The highest BCUT2D eigenvalue weighted by molar-refractivity contribution is 5.55. The van der Waals surface area contributed by atoms with E-state index in [4.69, 9.17) is 0 Å². The Balaban J connectivity index is 1.84. The van der Waals surface area contributed by atoms with Crippen LogP contribution in [0, 0.1) is 0 Å². The van der Waals surface area contributed by atoms with Crippen LogP contribution in [0.5, 0.6) is 0 Å². The van der Waals surface area contributed by atoms with E-state index in [9.17, 15) is 0 Å². The minimum absolute atomic E-state index is 1.01. The molecule has 0 radical (unpaired) electrons. The standard InChI is InChI=1S/C18H22N2/c1-2-7-16(8-3-1)15-17-9-4-5-10-18(17)20-13-6-11-19-12-14-20/h1-5,7-10,19H,6,11-15H2. The monoisotopic (exact) mass is 266 g/mol. The molecule has 2 nitrogen and oxygen atoms in total. The fraction of sp³-hybridized carbons (Fsp3) is 0.333. The lowest BCUT2D eigenvalue weighted by molar-refractivity contribution is 0.724. The van der Waals surface area contributed by atoms with E-state index in [1.54, 1.807) is 0 Å². The molecule has 20 heavy (non-hydrogen) atoms. The van der Waals surface area contributed by atoms with Gasteiger partial charge in [0.15, 0.2) is 0 Å². The van der Waals surface area contributed by atoms with Gasteiger partial charge in [-0.2, -0.15) is 0 Å². The van der Waals surface area contributed by atoms with Gasteiger partial charge in [0.25, 0.3) is 0 Å². The number of nitrogens with one attached hydrogen (secondary N) is 1. The van der Waals surface area contributed by atoms with E-state index in [0.717, 1.165) is 32.6 Å². The Morgan fingerprint density at radius 2 is 1.65 bits per heavy atom. The molecule has 104 valence electrons. The molecule has 2 aromatic rings. The van der Waals surface area contributed by atoms with E-state index >= 15 is 0 Å². The highest BCUT2D eigenvalue weighted by Crippen LogP contribution is 2.23. The Hall–Kier alpha value is -1.80. The highest BCUT2D eigenvalue weighted by atomic mass is 15.2. The molecule has 2 heteroatoms. The number of para-hydroxylation sites is 1. The Morgan fingerprint density at radius 1 is 0.850 bits per heavy atom. The van der Waals surface area contributed by atoms with Gasteiger partial charge < -0.3 is 10.2 Å². The van der Waals surface area contributed by atoms with Crippen molar-refractivity contribution in [2.24, 2.45) is 0 Å². The smallest absolute Gasteiger partial charge is 0.0402 e. The van der Waals surface area contributed by atoms with Crippen molar-refractivity contribution in [1.82, 2.24) is 5.32 Å². The minimum Gasteiger partial charge on any atom is -0.370 e. The summed E-state index contributed by atoms with van der Waals surface area (Å²) in [6, 6.07) is 19.6. The molecule has 1 aliphatic rings. The molecule has 0 aromatic heterocycles. The van der Waals surface area contributed by atoms with Crippen molar-refractivity contribution in [3.05, 3.63) is 65.7 Å². The fourth-order valence-electron chi connectivity index (χ4n) is 2.87. The molecule has 1 heterocycles. The van der Waals surface area contributed by atoms with Crippen LogP contribution in [-0.2, 0) is 6.42 Å². The van der Waals surface area contributed by atoms with Crippen molar-refractivity contribution in [1.29, 1.82) is 0 Å². The van der Waals surface area contributed by atoms with E-state index in [-0.39, 0.29) is 0 Å². The number of hydrogen-bond acceptors (Lipinski definition) is 2. The maximum Gasteiger partial charge on any atom is 0.0402 e. The fourth-order valence-corrected chi connectivity index (χ4v) is 2.87. The van der Waals surface area contributed by atoms with Crippen LogP contribution in [-0.4, -0.2) is 26.2 Å². The predicted octanol–water partition coefficient (Wildman–Crippen LogP) is 3.08. The molecule has 1 N–H and O–H groups in total. The normalized spacial score (nSPS) is 15.9. The summed E-state index contributed by atoms with van der Waals surface area (Å²) < 4.78 is 0. The van der Waals surface area contributed by atoms with E-state index < -0.39 is 0 Å². The summed E-state index contributed by atoms with van der Waals surface area (Å²) in [6.07, 6.45) is 2.24. The molecule has 0 bridgehead atoms. The molecule has 1 saturated heterocycles. The molecular formula is C18H22N2. The van der Waals surface area contributed by atoms with Gasteiger partial charge in [-0.1, -0.05) is 48.5 Å². The van der Waals surface area contributed by atoms with Crippen molar-refractivity contribution in [2.45, 2.75) is 12.8 Å². The Morgan fingerprint density at radius 3 is 2.55 bits per heavy atom. The predicted molar refractivity (Wildman–Crippen MR) is 85.4 cm³/mol. The highest BCUT2D eigenvalue weighted by Gasteiger charge is 2.12. The van der Waals surface area contributed by atoms with Gasteiger partial charge in [-0.3, -0.25) is 0 Å². The molecular weight excluding hydrogens is 244 g/mol.